The van der Waals surface area contributed by atoms with Crippen LogP contribution in [0, 0.1) is 0 Å². The SMILES string of the molecule is CCCCCCCCCCCCC(=O)C/C=C\CCCC(=O)O. The second-order valence-electron chi connectivity index (χ2n) is 6.43. The van der Waals surface area contributed by atoms with Crippen LogP contribution < -0.4 is 0 Å². The molecule has 0 amide bonds. The quantitative estimate of drug-likeness (QED) is 0.261. The highest BCUT2D eigenvalue weighted by Crippen LogP contribution is 2.11. The molecule has 3 nitrogen and oxygen atoms in total. The van der Waals surface area contributed by atoms with E-state index in [1.807, 2.05) is 12.2 Å². The first-order chi connectivity index (χ1) is 11.2. The summed E-state index contributed by atoms with van der Waals surface area (Å²) in [6, 6.07) is 0. The predicted octanol–water partition coefficient (Wildman–Crippen LogP) is 6.07. The number of rotatable bonds is 17. The fourth-order valence-corrected chi connectivity index (χ4v) is 2.62. The number of hydrogen-bond donors (Lipinski definition) is 1. The van der Waals surface area contributed by atoms with Crippen molar-refractivity contribution in [3.05, 3.63) is 12.2 Å². The van der Waals surface area contributed by atoms with Gasteiger partial charge in [0.2, 0.25) is 0 Å². The molecule has 0 aromatic carbocycles. The van der Waals surface area contributed by atoms with E-state index in [0.717, 1.165) is 12.8 Å². The van der Waals surface area contributed by atoms with E-state index in [1.165, 1.54) is 57.8 Å². The van der Waals surface area contributed by atoms with Crippen molar-refractivity contribution in [3.8, 4) is 0 Å². The number of carbonyl (C=O) groups is 2. The standard InChI is InChI=1S/C20H36O3/c1-2-3-4-5-6-7-8-9-10-13-16-19(21)17-14-11-12-15-18-20(22)23/h11,14H,2-10,12-13,15-18H2,1H3,(H,22,23)/b14-11-. The van der Waals surface area contributed by atoms with Gasteiger partial charge in [-0.15, -0.1) is 0 Å². The Kier molecular flexibility index (Phi) is 16.4. The Morgan fingerprint density at radius 1 is 0.739 bits per heavy atom. The van der Waals surface area contributed by atoms with Gasteiger partial charge >= 0.3 is 5.97 Å². The smallest absolute Gasteiger partial charge is 0.303 e. The zero-order chi connectivity index (χ0) is 17.2. The van der Waals surface area contributed by atoms with Gasteiger partial charge in [0.1, 0.15) is 5.78 Å². The summed E-state index contributed by atoms with van der Waals surface area (Å²) in [4.78, 5) is 22.0. The minimum Gasteiger partial charge on any atom is -0.481 e. The third-order valence-corrected chi connectivity index (χ3v) is 4.08. The molecule has 0 bridgehead atoms. The van der Waals surface area contributed by atoms with E-state index in [2.05, 4.69) is 6.92 Å². The lowest BCUT2D eigenvalue weighted by atomic mass is 10.0. The molecule has 0 aliphatic heterocycles. The average molecular weight is 325 g/mol. The molecule has 0 rings (SSSR count). The van der Waals surface area contributed by atoms with Gasteiger partial charge in [0, 0.05) is 19.3 Å². The third kappa shape index (κ3) is 18.8. The molecule has 0 spiro atoms. The van der Waals surface area contributed by atoms with Crippen LogP contribution in [-0.2, 0) is 9.59 Å². The summed E-state index contributed by atoms with van der Waals surface area (Å²) < 4.78 is 0. The highest BCUT2D eigenvalue weighted by Gasteiger charge is 1.99. The van der Waals surface area contributed by atoms with Crippen LogP contribution in [0.5, 0.6) is 0 Å². The van der Waals surface area contributed by atoms with Gasteiger partial charge in [-0.05, 0) is 19.3 Å². The molecule has 0 radical (unpaired) electrons. The summed E-state index contributed by atoms with van der Waals surface area (Å²) in [5.41, 5.74) is 0. The topological polar surface area (TPSA) is 54.4 Å². The third-order valence-electron chi connectivity index (χ3n) is 4.08. The summed E-state index contributed by atoms with van der Waals surface area (Å²) in [6.07, 6.45) is 19.5. The fraction of sp³-hybridized carbons (Fsp3) is 0.800. The van der Waals surface area contributed by atoms with E-state index in [9.17, 15) is 9.59 Å². The predicted molar refractivity (Wildman–Crippen MR) is 96.7 cm³/mol. The molecule has 0 heterocycles. The van der Waals surface area contributed by atoms with Crippen molar-refractivity contribution < 1.29 is 14.7 Å². The largest absolute Gasteiger partial charge is 0.481 e. The lowest BCUT2D eigenvalue weighted by Gasteiger charge is -2.02. The monoisotopic (exact) mass is 324 g/mol. The number of aliphatic carboxylic acids is 1. The molecule has 0 aliphatic carbocycles. The number of Topliss-reactive ketones (excluding diaryl/α,β-unsaturated/α-hetero) is 1. The molecule has 0 unspecified atom stereocenters. The molecule has 0 fully saturated rings. The van der Waals surface area contributed by atoms with Gasteiger partial charge in [-0.3, -0.25) is 9.59 Å². The van der Waals surface area contributed by atoms with Crippen LogP contribution in [0.2, 0.25) is 0 Å². The normalized spacial score (nSPS) is 11.2. The Hall–Kier alpha value is -1.12. The van der Waals surface area contributed by atoms with Gasteiger partial charge in [-0.25, -0.2) is 0 Å². The van der Waals surface area contributed by atoms with Crippen LogP contribution in [0.25, 0.3) is 0 Å². The Labute approximate surface area is 142 Å². The summed E-state index contributed by atoms with van der Waals surface area (Å²) in [6.45, 7) is 2.25. The number of carboxylic acid groups (broad SMARTS) is 1. The molecular formula is C20H36O3. The molecule has 134 valence electrons. The second kappa shape index (κ2) is 17.2. The van der Waals surface area contributed by atoms with E-state index in [0.29, 0.717) is 25.0 Å². The van der Waals surface area contributed by atoms with E-state index < -0.39 is 5.97 Å². The lowest BCUT2D eigenvalue weighted by molar-refractivity contribution is -0.137. The Morgan fingerprint density at radius 2 is 1.30 bits per heavy atom. The molecule has 0 saturated carbocycles. The van der Waals surface area contributed by atoms with Crippen molar-refractivity contribution in [2.45, 2.75) is 103 Å². The Bertz CT molecular complexity index is 321. The van der Waals surface area contributed by atoms with Crippen LogP contribution in [0.4, 0.5) is 0 Å². The Morgan fingerprint density at radius 3 is 1.87 bits per heavy atom. The minimum absolute atomic E-state index is 0.205. The molecule has 0 saturated heterocycles. The zero-order valence-corrected chi connectivity index (χ0v) is 15.0. The van der Waals surface area contributed by atoms with Gasteiger partial charge < -0.3 is 5.11 Å². The first-order valence-electron chi connectivity index (χ1n) is 9.55. The highest BCUT2D eigenvalue weighted by molar-refractivity contribution is 5.79. The van der Waals surface area contributed by atoms with Crippen molar-refractivity contribution >= 4 is 11.8 Å². The summed E-state index contributed by atoms with van der Waals surface area (Å²) in [7, 11) is 0. The molecule has 0 atom stereocenters. The molecular weight excluding hydrogens is 288 g/mol. The molecule has 1 N–H and O–H groups in total. The fourth-order valence-electron chi connectivity index (χ4n) is 2.62. The highest BCUT2D eigenvalue weighted by atomic mass is 16.4. The van der Waals surface area contributed by atoms with Crippen LogP contribution in [0.3, 0.4) is 0 Å². The van der Waals surface area contributed by atoms with Crippen LogP contribution in [-0.4, -0.2) is 16.9 Å². The first-order valence-corrected chi connectivity index (χ1v) is 9.55. The minimum atomic E-state index is -0.754. The number of carboxylic acids is 1. The van der Waals surface area contributed by atoms with E-state index in [-0.39, 0.29) is 6.42 Å². The zero-order valence-electron chi connectivity index (χ0n) is 15.0. The number of carbonyl (C=O) groups excluding carboxylic acids is 1. The van der Waals surface area contributed by atoms with E-state index >= 15 is 0 Å². The van der Waals surface area contributed by atoms with Gasteiger partial charge in [-0.2, -0.15) is 0 Å². The summed E-state index contributed by atoms with van der Waals surface area (Å²) >= 11 is 0. The lowest BCUT2D eigenvalue weighted by Crippen LogP contribution is -1.95. The van der Waals surface area contributed by atoms with Crippen LogP contribution >= 0.6 is 0 Å². The van der Waals surface area contributed by atoms with E-state index in [1.54, 1.807) is 0 Å². The van der Waals surface area contributed by atoms with E-state index in [4.69, 9.17) is 5.11 Å². The van der Waals surface area contributed by atoms with Crippen molar-refractivity contribution in [1.29, 1.82) is 0 Å². The van der Waals surface area contributed by atoms with Gasteiger partial charge in [0.05, 0.1) is 0 Å². The maximum atomic E-state index is 11.7. The maximum absolute atomic E-state index is 11.7. The molecule has 3 heteroatoms. The van der Waals surface area contributed by atoms with Crippen LogP contribution in [0.15, 0.2) is 12.2 Å². The number of allylic oxidation sites excluding steroid dienone is 2. The summed E-state index contributed by atoms with van der Waals surface area (Å²) in [5.74, 6) is -0.450. The second-order valence-corrected chi connectivity index (χ2v) is 6.43. The van der Waals surface area contributed by atoms with Crippen LogP contribution in [0.1, 0.15) is 103 Å². The van der Waals surface area contributed by atoms with Gasteiger partial charge in [-0.1, -0.05) is 76.9 Å². The van der Waals surface area contributed by atoms with Crippen molar-refractivity contribution in [2.24, 2.45) is 0 Å². The van der Waals surface area contributed by atoms with Gasteiger partial charge in [0.25, 0.3) is 0 Å². The molecule has 0 aliphatic rings. The summed E-state index contributed by atoms with van der Waals surface area (Å²) in [5, 5.41) is 8.50. The molecule has 23 heavy (non-hydrogen) atoms. The average Bonchev–Trinajstić information content (AvgIpc) is 2.52. The van der Waals surface area contributed by atoms with Gasteiger partial charge in [0.15, 0.2) is 0 Å². The Balaban J connectivity index is 3.27. The van der Waals surface area contributed by atoms with Crippen molar-refractivity contribution in [3.63, 3.8) is 0 Å². The molecule has 0 aromatic heterocycles. The van der Waals surface area contributed by atoms with Crippen molar-refractivity contribution in [2.75, 3.05) is 0 Å². The number of hydrogen-bond acceptors (Lipinski definition) is 2. The molecule has 0 aromatic rings. The van der Waals surface area contributed by atoms with Crippen molar-refractivity contribution in [1.82, 2.24) is 0 Å². The first kappa shape index (κ1) is 21.9. The number of unbranched alkanes of at least 4 members (excludes halogenated alkanes) is 10. The number of ketones is 1. The maximum Gasteiger partial charge on any atom is 0.303 e.